The van der Waals surface area contributed by atoms with Crippen LogP contribution in [-0.4, -0.2) is 11.9 Å². The molecule has 4 aromatic rings. The first-order valence-electron chi connectivity index (χ1n) is 12.4. The van der Waals surface area contributed by atoms with E-state index in [1.54, 1.807) is 60.7 Å². The van der Waals surface area contributed by atoms with Gasteiger partial charge in [0.05, 0.1) is 11.1 Å². The van der Waals surface area contributed by atoms with E-state index in [0.717, 1.165) is 23.3 Å². The van der Waals surface area contributed by atoms with E-state index in [2.05, 4.69) is 48.7 Å². The van der Waals surface area contributed by atoms with Crippen molar-refractivity contribution in [1.29, 1.82) is 0 Å². The number of hydrogen-bond acceptors (Lipinski definition) is 4. The fraction of sp³-hybridized carbons (Fsp3) is 0. The Bertz CT molecular complexity index is 1850. The SMILES string of the molecule is C=CC(=O)Oc1ccc(C#Cc2ccc(C#Cc3ccc(C#Cc4ccc(OC(=O)C=C)cc4)c(F)c3F)cc2)cc1. The summed E-state index contributed by atoms with van der Waals surface area (Å²) in [7, 11) is 0. The maximum absolute atomic E-state index is 14.7. The Morgan fingerprint density at radius 1 is 0.500 bits per heavy atom. The van der Waals surface area contributed by atoms with Crippen LogP contribution in [0.2, 0.25) is 0 Å². The lowest BCUT2D eigenvalue weighted by Crippen LogP contribution is -2.02. The molecule has 0 heterocycles. The average molecular weight is 555 g/mol. The number of benzene rings is 4. The van der Waals surface area contributed by atoms with E-state index < -0.39 is 23.6 Å². The zero-order valence-corrected chi connectivity index (χ0v) is 22.0. The molecule has 202 valence electrons. The zero-order valence-electron chi connectivity index (χ0n) is 22.0. The molecule has 0 bridgehead atoms. The van der Waals surface area contributed by atoms with Gasteiger partial charge >= 0.3 is 11.9 Å². The second kappa shape index (κ2) is 13.8. The van der Waals surface area contributed by atoms with Gasteiger partial charge in [0.25, 0.3) is 0 Å². The molecule has 0 saturated carbocycles. The molecule has 0 aliphatic rings. The van der Waals surface area contributed by atoms with Crippen molar-refractivity contribution >= 4 is 11.9 Å². The van der Waals surface area contributed by atoms with Gasteiger partial charge in [-0.1, -0.05) is 48.7 Å². The van der Waals surface area contributed by atoms with Crippen LogP contribution >= 0.6 is 0 Å². The Labute approximate surface area is 241 Å². The molecule has 0 radical (unpaired) electrons. The smallest absolute Gasteiger partial charge is 0.335 e. The second-order valence-corrected chi connectivity index (χ2v) is 8.42. The Morgan fingerprint density at radius 2 is 0.786 bits per heavy atom. The molecule has 0 N–H and O–H groups in total. The van der Waals surface area contributed by atoms with E-state index >= 15 is 0 Å². The van der Waals surface area contributed by atoms with Crippen molar-refractivity contribution in [2.24, 2.45) is 0 Å². The third kappa shape index (κ3) is 7.93. The van der Waals surface area contributed by atoms with E-state index in [4.69, 9.17) is 9.47 Å². The lowest BCUT2D eigenvalue weighted by atomic mass is 10.1. The van der Waals surface area contributed by atoms with Gasteiger partial charge in [-0.15, -0.1) is 0 Å². The van der Waals surface area contributed by atoms with Gasteiger partial charge in [0, 0.05) is 34.4 Å². The van der Waals surface area contributed by atoms with Gasteiger partial charge in [-0.2, -0.15) is 0 Å². The highest BCUT2D eigenvalue weighted by Gasteiger charge is 2.11. The minimum absolute atomic E-state index is 0.0995. The summed E-state index contributed by atoms with van der Waals surface area (Å²) < 4.78 is 39.4. The summed E-state index contributed by atoms with van der Waals surface area (Å²) in [6, 6.07) is 22.7. The van der Waals surface area contributed by atoms with Crippen LogP contribution in [-0.2, 0) is 9.59 Å². The molecule has 42 heavy (non-hydrogen) atoms. The van der Waals surface area contributed by atoms with E-state index in [9.17, 15) is 18.4 Å². The number of carbonyl (C=O) groups excluding carboxylic acids is 2. The molecular weight excluding hydrogens is 534 g/mol. The molecule has 4 aromatic carbocycles. The van der Waals surface area contributed by atoms with Crippen LogP contribution in [0.15, 0.2) is 110 Å². The molecule has 0 aromatic heterocycles. The van der Waals surface area contributed by atoms with Gasteiger partial charge in [-0.25, -0.2) is 18.4 Å². The molecule has 0 unspecified atom stereocenters. The van der Waals surface area contributed by atoms with E-state index in [1.807, 2.05) is 0 Å². The van der Waals surface area contributed by atoms with Gasteiger partial charge < -0.3 is 9.47 Å². The Hall–Kier alpha value is -6.16. The molecule has 6 heteroatoms. The first-order chi connectivity index (χ1) is 20.3. The monoisotopic (exact) mass is 554 g/mol. The molecule has 0 amide bonds. The van der Waals surface area contributed by atoms with Gasteiger partial charge in [0.15, 0.2) is 11.6 Å². The average Bonchev–Trinajstić information content (AvgIpc) is 3.02. The molecule has 0 fully saturated rings. The van der Waals surface area contributed by atoms with Crippen molar-refractivity contribution in [3.63, 3.8) is 0 Å². The standard InChI is InChI=1S/C36H20F2O4/c1-3-33(39)41-31-21-13-27(14-22-31)10-7-25-5-8-26(9-6-25)11-17-29-19-20-30(36(38)35(29)37)18-12-28-15-23-32(24-16-28)42-34(40)4-2/h3-6,8-9,13-16,19-24H,1-2H2. The molecule has 0 spiro atoms. The van der Waals surface area contributed by atoms with Crippen LogP contribution in [0.5, 0.6) is 11.5 Å². The molecule has 0 saturated heterocycles. The van der Waals surface area contributed by atoms with E-state index in [1.165, 1.54) is 24.3 Å². The number of ether oxygens (including phenoxy) is 2. The molecule has 0 aliphatic carbocycles. The van der Waals surface area contributed by atoms with Crippen molar-refractivity contribution in [3.05, 3.63) is 155 Å². The fourth-order valence-corrected chi connectivity index (χ4v) is 3.33. The van der Waals surface area contributed by atoms with Crippen molar-refractivity contribution in [2.75, 3.05) is 0 Å². The zero-order chi connectivity index (χ0) is 29.9. The number of carbonyl (C=O) groups is 2. The predicted molar refractivity (Wildman–Crippen MR) is 155 cm³/mol. The third-order valence-electron chi connectivity index (χ3n) is 5.48. The predicted octanol–water partition coefficient (Wildman–Crippen LogP) is 6.35. The van der Waals surface area contributed by atoms with Gasteiger partial charge in [-0.05, 0) is 84.9 Å². The molecule has 0 atom stereocenters. The van der Waals surface area contributed by atoms with Crippen LogP contribution in [0.4, 0.5) is 8.78 Å². The normalized spacial score (nSPS) is 9.48. The minimum Gasteiger partial charge on any atom is -0.423 e. The highest BCUT2D eigenvalue weighted by atomic mass is 19.2. The Kier molecular flexibility index (Phi) is 9.45. The minimum atomic E-state index is -1.09. The lowest BCUT2D eigenvalue weighted by Gasteiger charge is -2.01. The summed E-state index contributed by atoms with van der Waals surface area (Å²) in [5.74, 6) is 14.3. The van der Waals surface area contributed by atoms with Crippen LogP contribution < -0.4 is 9.47 Å². The van der Waals surface area contributed by atoms with Gasteiger partial charge in [-0.3, -0.25) is 0 Å². The third-order valence-corrected chi connectivity index (χ3v) is 5.48. The van der Waals surface area contributed by atoms with Crippen LogP contribution in [0.1, 0.15) is 33.4 Å². The van der Waals surface area contributed by atoms with Crippen molar-refractivity contribution in [3.8, 4) is 47.0 Å². The summed E-state index contributed by atoms with van der Waals surface area (Å²) >= 11 is 0. The lowest BCUT2D eigenvalue weighted by molar-refractivity contribution is -0.129. The highest BCUT2D eigenvalue weighted by Crippen LogP contribution is 2.17. The molecule has 0 aliphatic heterocycles. The topological polar surface area (TPSA) is 52.6 Å². The second-order valence-electron chi connectivity index (χ2n) is 8.42. The van der Waals surface area contributed by atoms with Gasteiger partial charge in [0.1, 0.15) is 11.5 Å². The molecule has 4 nitrogen and oxygen atoms in total. The summed E-state index contributed by atoms with van der Waals surface area (Å²) in [6.45, 7) is 6.68. The quantitative estimate of drug-likeness (QED) is 0.128. The Morgan fingerprint density at radius 3 is 1.10 bits per heavy atom. The molecular formula is C36H20F2O4. The van der Waals surface area contributed by atoms with Crippen LogP contribution in [0, 0.1) is 47.2 Å². The number of rotatable bonds is 4. The molecule has 4 rings (SSSR count). The summed E-state index contributed by atoms with van der Waals surface area (Å²) in [5.41, 5.74) is 2.37. The largest absolute Gasteiger partial charge is 0.423 e. The highest BCUT2D eigenvalue weighted by molar-refractivity contribution is 5.83. The van der Waals surface area contributed by atoms with Crippen molar-refractivity contribution < 1.29 is 27.8 Å². The summed E-state index contributed by atoms with van der Waals surface area (Å²) in [5, 5.41) is 0. The number of halogens is 2. The fourth-order valence-electron chi connectivity index (χ4n) is 3.33. The number of esters is 2. The van der Waals surface area contributed by atoms with Crippen LogP contribution in [0.3, 0.4) is 0 Å². The maximum atomic E-state index is 14.7. The Balaban J connectivity index is 1.41. The van der Waals surface area contributed by atoms with Crippen molar-refractivity contribution in [1.82, 2.24) is 0 Å². The first kappa shape index (κ1) is 28.8. The van der Waals surface area contributed by atoms with Gasteiger partial charge in [0.2, 0.25) is 0 Å². The first-order valence-corrected chi connectivity index (χ1v) is 12.4. The summed E-state index contributed by atoms with van der Waals surface area (Å²) in [6.07, 6.45) is 2.13. The number of hydrogen-bond donors (Lipinski definition) is 0. The maximum Gasteiger partial charge on any atom is 0.335 e. The summed E-state index contributed by atoms with van der Waals surface area (Å²) in [4.78, 5) is 22.5. The van der Waals surface area contributed by atoms with E-state index in [-0.39, 0.29) is 11.1 Å². The van der Waals surface area contributed by atoms with Crippen molar-refractivity contribution in [2.45, 2.75) is 0 Å². The van der Waals surface area contributed by atoms with E-state index in [0.29, 0.717) is 22.6 Å². The van der Waals surface area contributed by atoms with Crippen LogP contribution in [0.25, 0.3) is 0 Å².